The van der Waals surface area contributed by atoms with Crippen LogP contribution in [0.2, 0.25) is 0 Å². The smallest absolute Gasteiger partial charge is 0.169 e. The lowest BCUT2D eigenvalue weighted by Crippen LogP contribution is -2.23. The zero-order chi connectivity index (χ0) is 18.9. The highest BCUT2D eigenvalue weighted by atomic mass is 32.1. The summed E-state index contributed by atoms with van der Waals surface area (Å²) in [5.74, 6) is 1.36. The summed E-state index contributed by atoms with van der Waals surface area (Å²) in [4.78, 5) is 1.39. The van der Waals surface area contributed by atoms with Gasteiger partial charge >= 0.3 is 0 Å². The summed E-state index contributed by atoms with van der Waals surface area (Å²) >= 11 is 1.79. The standard InChI is InChI=1S/C22H24N2O2S/c1-25-21-15-17(16-23)14-20(18-6-3-2-4-7-18)22(21)26-12-11-24-10-9-19-8-5-13-27-19/h2-8,13-16,23-24H,9-12H2,1H3. The first-order chi connectivity index (χ1) is 13.3. The Morgan fingerprint density at radius 1 is 1.07 bits per heavy atom. The minimum Gasteiger partial charge on any atom is -0.493 e. The fraction of sp³-hybridized carbons (Fsp3) is 0.227. The molecule has 0 aliphatic carbocycles. The monoisotopic (exact) mass is 380 g/mol. The van der Waals surface area contributed by atoms with Crippen LogP contribution in [0.25, 0.3) is 11.1 Å². The molecule has 0 atom stereocenters. The van der Waals surface area contributed by atoms with Gasteiger partial charge in [-0.25, -0.2) is 0 Å². The molecule has 0 amide bonds. The molecule has 0 saturated carbocycles. The Morgan fingerprint density at radius 2 is 1.93 bits per heavy atom. The summed E-state index contributed by atoms with van der Waals surface area (Å²) in [6.45, 7) is 2.24. The molecule has 3 rings (SSSR count). The van der Waals surface area contributed by atoms with Crippen molar-refractivity contribution in [2.45, 2.75) is 6.42 Å². The summed E-state index contributed by atoms with van der Waals surface area (Å²) in [6.07, 6.45) is 2.36. The third-order valence-electron chi connectivity index (χ3n) is 4.20. The molecule has 4 nitrogen and oxygen atoms in total. The van der Waals surface area contributed by atoms with Crippen LogP contribution in [0, 0.1) is 5.41 Å². The second kappa shape index (κ2) is 9.90. The minimum atomic E-state index is 0.546. The highest BCUT2D eigenvalue weighted by Gasteiger charge is 2.14. The van der Waals surface area contributed by atoms with Crippen molar-refractivity contribution in [3.8, 4) is 22.6 Å². The highest BCUT2D eigenvalue weighted by Crippen LogP contribution is 2.39. The van der Waals surface area contributed by atoms with Crippen LogP contribution in [0.5, 0.6) is 11.5 Å². The molecule has 27 heavy (non-hydrogen) atoms. The molecule has 140 valence electrons. The van der Waals surface area contributed by atoms with Gasteiger partial charge in [0, 0.05) is 29.7 Å². The molecule has 3 aromatic rings. The Hall–Kier alpha value is -2.63. The summed E-state index contributed by atoms with van der Waals surface area (Å²) in [5, 5.41) is 13.1. The van der Waals surface area contributed by atoms with Gasteiger partial charge in [-0.2, -0.15) is 0 Å². The summed E-state index contributed by atoms with van der Waals surface area (Å²) < 4.78 is 11.6. The van der Waals surface area contributed by atoms with E-state index in [0.29, 0.717) is 18.1 Å². The van der Waals surface area contributed by atoms with Crippen LogP contribution in [0.4, 0.5) is 0 Å². The summed E-state index contributed by atoms with van der Waals surface area (Å²) in [6, 6.07) is 18.1. The SMILES string of the molecule is COc1cc(C=N)cc(-c2ccccc2)c1OCCNCCc1cccs1. The van der Waals surface area contributed by atoms with Gasteiger partial charge in [-0.1, -0.05) is 36.4 Å². The molecule has 2 aromatic carbocycles. The molecule has 0 fully saturated rings. The fourth-order valence-corrected chi connectivity index (χ4v) is 3.57. The van der Waals surface area contributed by atoms with Crippen LogP contribution in [0.15, 0.2) is 60.0 Å². The predicted molar refractivity (Wildman–Crippen MR) is 113 cm³/mol. The topological polar surface area (TPSA) is 54.3 Å². The molecule has 5 heteroatoms. The Morgan fingerprint density at radius 3 is 2.63 bits per heavy atom. The summed E-state index contributed by atoms with van der Waals surface area (Å²) in [5.41, 5.74) is 2.76. The maximum absolute atomic E-state index is 7.59. The zero-order valence-electron chi connectivity index (χ0n) is 15.4. The lowest BCUT2D eigenvalue weighted by molar-refractivity contribution is 0.294. The van der Waals surface area contributed by atoms with Crippen molar-refractivity contribution in [2.75, 3.05) is 26.8 Å². The fourth-order valence-electron chi connectivity index (χ4n) is 2.86. The van der Waals surface area contributed by atoms with Crippen LogP contribution in [0.1, 0.15) is 10.4 Å². The van der Waals surface area contributed by atoms with Crippen molar-refractivity contribution in [1.82, 2.24) is 5.32 Å². The van der Waals surface area contributed by atoms with E-state index in [9.17, 15) is 0 Å². The minimum absolute atomic E-state index is 0.546. The maximum atomic E-state index is 7.59. The largest absolute Gasteiger partial charge is 0.493 e. The molecule has 1 aromatic heterocycles. The number of hydrogen-bond acceptors (Lipinski definition) is 5. The molecular formula is C22H24N2O2S. The lowest BCUT2D eigenvalue weighted by Gasteiger charge is -2.17. The van der Waals surface area contributed by atoms with E-state index in [2.05, 4.69) is 22.8 Å². The number of thiophene rings is 1. The Kier molecular flexibility index (Phi) is 7.02. The van der Waals surface area contributed by atoms with E-state index >= 15 is 0 Å². The number of hydrogen-bond donors (Lipinski definition) is 2. The molecule has 0 aliphatic heterocycles. The molecule has 0 unspecified atom stereocenters. The van der Waals surface area contributed by atoms with E-state index in [1.165, 1.54) is 11.1 Å². The Labute approximate surface area is 164 Å². The van der Waals surface area contributed by atoms with Crippen molar-refractivity contribution in [2.24, 2.45) is 0 Å². The Bertz CT molecular complexity index is 848. The third-order valence-corrected chi connectivity index (χ3v) is 5.14. The van der Waals surface area contributed by atoms with Gasteiger partial charge in [0.15, 0.2) is 11.5 Å². The van der Waals surface area contributed by atoms with Crippen LogP contribution in [-0.4, -0.2) is 33.0 Å². The number of nitrogens with one attached hydrogen (secondary N) is 2. The molecule has 0 spiro atoms. The first kappa shape index (κ1) is 19.1. The van der Waals surface area contributed by atoms with Gasteiger partial charge in [-0.3, -0.25) is 0 Å². The van der Waals surface area contributed by atoms with Crippen molar-refractivity contribution in [3.05, 3.63) is 70.4 Å². The van der Waals surface area contributed by atoms with Gasteiger partial charge in [-0.05, 0) is 41.1 Å². The summed E-state index contributed by atoms with van der Waals surface area (Å²) in [7, 11) is 1.63. The quantitative estimate of drug-likeness (QED) is 0.398. The second-order valence-corrected chi connectivity index (χ2v) is 7.07. The van der Waals surface area contributed by atoms with Gasteiger partial charge in [0.05, 0.1) is 7.11 Å². The van der Waals surface area contributed by atoms with Gasteiger partial charge in [0.1, 0.15) is 6.61 Å². The van der Waals surface area contributed by atoms with Crippen LogP contribution < -0.4 is 14.8 Å². The average molecular weight is 381 g/mol. The first-order valence-corrected chi connectivity index (χ1v) is 9.83. The van der Waals surface area contributed by atoms with E-state index in [0.717, 1.165) is 36.2 Å². The van der Waals surface area contributed by atoms with Gasteiger partial charge in [0.2, 0.25) is 0 Å². The predicted octanol–water partition coefficient (Wildman–Crippen LogP) is 4.63. The molecule has 1 heterocycles. The second-order valence-electron chi connectivity index (χ2n) is 6.04. The van der Waals surface area contributed by atoms with E-state index < -0.39 is 0 Å². The van der Waals surface area contributed by atoms with Crippen molar-refractivity contribution < 1.29 is 9.47 Å². The first-order valence-electron chi connectivity index (χ1n) is 8.95. The normalized spacial score (nSPS) is 10.6. The van der Waals surface area contributed by atoms with Crippen molar-refractivity contribution in [3.63, 3.8) is 0 Å². The van der Waals surface area contributed by atoms with Crippen molar-refractivity contribution in [1.29, 1.82) is 5.41 Å². The Balaban J connectivity index is 1.66. The third kappa shape index (κ3) is 5.18. The van der Waals surface area contributed by atoms with E-state index in [1.54, 1.807) is 18.4 Å². The number of rotatable bonds is 10. The molecule has 0 aliphatic rings. The zero-order valence-corrected chi connectivity index (χ0v) is 16.2. The lowest BCUT2D eigenvalue weighted by atomic mass is 10.0. The molecule has 0 radical (unpaired) electrons. The van der Waals surface area contributed by atoms with Gasteiger partial charge in [0.25, 0.3) is 0 Å². The highest BCUT2D eigenvalue weighted by molar-refractivity contribution is 7.09. The molecule has 2 N–H and O–H groups in total. The van der Waals surface area contributed by atoms with E-state index in [-0.39, 0.29) is 0 Å². The van der Waals surface area contributed by atoms with Crippen LogP contribution in [-0.2, 0) is 6.42 Å². The van der Waals surface area contributed by atoms with Gasteiger partial charge < -0.3 is 20.2 Å². The average Bonchev–Trinajstić information content (AvgIpc) is 3.24. The molecular weight excluding hydrogens is 356 g/mol. The maximum Gasteiger partial charge on any atom is 0.169 e. The van der Waals surface area contributed by atoms with E-state index in [1.807, 2.05) is 42.5 Å². The molecule has 0 saturated heterocycles. The van der Waals surface area contributed by atoms with Crippen LogP contribution in [0.3, 0.4) is 0 Å². The van der Waals surface area contributed by atoms with Crippen molar-refractivity contribution >= 4 is 17.6 Å². The number of methoxy groups -OCH3 is 1. The van der Waals surface area contributed by atoms with Gasteiger partial charge in [-0.15, -0.1) is 11.3 Å². The molecule has 0 bridgehead atoms. The number of ether oxygens (including phenoxy) is 2. The van der Waals surface area contributed by atoms with Crippen LogP contribution >= 0.6 is 11.3 Å². The number of benzene rings is 2. The van der Waals surface area contributed by atoms with E-state index in [4.69, 9.17) is 14.9 Å².